The van der Waals surface area contributed by atoms with Gasteiger partial charge in [0.15, 0.2) is 0 Å². The summed E-state index contributed by atoms with van der Waals surface area (Å²) >= 11 is 0. The molecule has 106 valence electrons. The third-order valence-electron chi connectivity index (χ3n) is 4.60. The minimum atomic E-state index is 0.247. The van der Waals surface area contributed by atoms with Crippen molar-refractivity contribution in [1.29, 1.82) is 0 Å². The van der Waals surface area contributed by atoms with Gasteiger partial charge in [0.25, 0.3) is 0 Å². The van der Waals surface area contributed by atoms with Gasteiger partial charge < -0.3 is 14.8 Å². The lowest BCUT2D eigenvalue weighted by Gasteiger charge is -2.53. The molecule has 0 amide bonds. The molecule has 0 radical (unpaired) electrons. The molecule has 1 saturated carbocycles. The molecular weight excluding hydrogens is 226 g/mol. The van der Waals surface area contributed by atoms with E-state index in [4.69, 9.17) is 9.47 Å². The molecule has 2 rings (SSSR count). The van der Waals surface area contributed by atoms with Crippen molar-refractivity contribution in [3.05, 3.63) is 0 Å². The maximum atomic E-state index is 6.00. The van der Waals surface area contributed by atoms with E-state index < -0.39 is 0 Å². The number of ether oxygens (including phenoxy) is 2. The first-order valence-electron chi connectivity index (χ1n) is 7.40. The lowest BCUT2D eigenvalue weighted by atomic mass is 9.64. The van der Waals surface area contributed by atoms with Crippen LogP contribution in [0.5, 0.6) is 0 Å². The van der Waals surface area contributed by atoms with Gasteiger partial charge >= 0.3 is 0 Å². The van der Waals surface area contributed by atoms with Crippen LogP contribution in [0.25, 0.3) is 0 Å². The second-order valence-electron chi connectivity index (χ2n) is 6.96. The van der Waals surface area contributed by atoms with E-state index in [-0.39, 0.29) is 5.41 Å². The summed E-state index contributed by atoms with van der Waals surface area (Å²) in [5.41, 5.74) is 0.247. The monoisotopic (exact) mass is 255 g/mol. The molecule has 1 heterocycles. The van der Waals surface area contributed by atoms with Crippen LogP contribution in [0, 0.1) is 11.3 Å². The molecule has 1 saturated heterocycles. The molecule has 2 aliphatic rings. The Balaban J connectivity index is 1.79. The van der Waals surface area contributed by atoms with Crippen LogP contribution in [-0.4, -0.2) is 37.5 Å². The zero-order valence-electron chi connectivity index (χ0n) is 12.5. The Morgan fingerprint density at radius 3 is 2.61 bits per heavy atom. The van der Waals surface area contributed by atoms with Crippen molar-refractivity contribution >= 4 is 0 Å². The standard InChI is InChI=1S/C15H29NO2/c1-10(2)9-18-14-8-13(15(14,4)5)16-12-6-7-17-11(12)3/h10-14,16H,6-9H2,1-5H3. The van der Waals surface area contributed by atoms with Gasteiger partial charge in [0, 0.05) is 30.7 Å². The predicted molar refractivity (Wildman–Crippen MR) is 73.7 cm³/mol. The van der Waals surface area contributed by atoms with Gasteiger partial charge in [-0.25, -0.2) is 0 Å². The van der Waals surface area contributed by atoms with Gasteiger partial charge in [-0.05, 0) is 25.7 Å². The summed E-state index contributed by atoms with van der Waals surface area (Å²) in [6, 6.07) is 1.10. The van der Waals surface area contributed by atoms with Crippen molar-refractivity contribution in [2.45, 2.75) is 71.8 Å². The molecule has 0 aromatic carbocycles. The van der Waals surface area contributed by atoms with Gasteiger partial charge in [-0.2, -0.15) is 0 Å². The van der Waals surface area contributed by atoms with E-state index in [0.717, 1.165) is 26.1 Å². The summed E-state index contributed by atoms with van der Waals surface area (Å²) in [6.07, 6.45) is 3.06. The Hall–Kier alpha value is -0.120. The highest BCUT2D eigenvalue weighted by molar-refractivity contribution is 5.04. The summed E-state index contributed by atoms with van der Waals surface area (Å²) in [6.45, 7) is 13.0. The van der Waals surface area contributed by atoms with Crippen LogP contribution in [0.3, 0.4) is 0 Å². The van der Waals surface area contributed by atoms with E-state index in [1.54, 1.807) is 0 Å². The Bertz CT molecular complexity index is 278. The molecule has 0 spiro atoms. The average Bonchev–Trinajstić information content (AvgIpc) is 2.68. The molecule has 0 aromatic heterocycles. The molecule has 2 fully saturated rings. The summed E-state index contributed by atoms with van der Waals surface area (Å²) in [5, 5.41) is 3.77. The third-order valence-corrected chi connectivity index (χ3v) is 4.60. The summed E-state index contributed by atoms with van der Waals surface area (Å²) in [7, 11) is 0. The second kappa shape index (κ2) is 5.48. The molecule has 3 heteroatoms. The van der Waals surface area contributed by atoms with Crippen LogP contribution in [0.15, 0.2) is 0 Å². The Morgan fingerprint density at radius 1 is 1.39 bits per heavy atom. The molecule has 4 atom stereocenters. The van der Waals surface area contributed by atoms with E-state index in [0.29, 0.717) is 30.2 Å². The molecule has 1 aliphatic heterocycles. The quantitative estimate of drug-likeness (QED) is 0.819. The number of rotatable bonds is 5. The zero-order valence-corrected chi connectivity index (χ0v) is 12.5. The molecule has 3 nitrogen and oxygen atoms in total. The number of nitrogens with one attached hydrogen (secondary N) is 1. The molecular formula is C15H29NO2. The fourth-order valence-electron chi connectivity index (χ4n) is 2.97. The van der Waals surface area contributed by atoms with Crippen LogP contribution < -0.4 is 5.32 Å². The Morgan fingerprint density at radius 2 is 2.11 bits per heavy atom. The van der Waals surface area contributed by atoms with Crippen molar-refractivity contribution in [2.75, 3.05) is 13.2 Å². The maximum Gasteiger partial charge on any atom is 0.0700 e. The summed E-state index contributed by atoms with van der Waals surface area (Å²) < 4.78 is 11.6. The largest absolute Gasteiger partial charge is 0.377 e. The first kappa shape index (κ1) is 14.3. The van der Waals surface area contributed by atoms with Gasteiger partial charge in [-0.3, -0.25) is 0 Å². The van der Waals surface area contributed by atoms with Crippen molar-refractivity contribution in [3.8, 4) is 0 Å². The third kappa shape index (κ3) is 2.89. The molecule has 0 aromatic rings. The fourth-order valence-corrected chi connectivity index (χ4v) is 2.97. The second-order valence-corrected chi connectivity index (χ2v) is 6.96. The van der Waals surface area contributed by atoms with Crippen molar-refractivity contribution in [2.24, 2.45) is 11.3 Å². The fraction of sp³-hybridized carbons (Fsp3) is 1.00. The summed E-state index contributed by atoms with van der Waals surface area (Å²) in [5.74, 6) is 0.621. The van der Waals surface area contributed by atoms with Crippen LogP contribution >= 0.6 is 0 Å². The van der Waals surface area contributed by atoms with E-state index in [1.807, 2.05) is 0 Å². The Kier molecular flexibility index (Phi) is 4.35. The van der Waals surface area contributed by atoms with E-state index >= 15 is 0 Å². The molecule has 0 bridgehead atoms. The number of hydrogen-bond donors (Lipinski definition) is 1. The van der Waals surface area contributed by atoms with Crippen molar-refractivity contribution in [1.82, 2.24) is 5.32 Å². The first-order valence-corrected chi connectivity index (χ1v) is 7.40. The first-order chi connectivity index (χ1) is 8.41. The van der Waals surface area contributed by atoms with Gasteiger partial charge in [0.1, 0.15) is 0 Å². The van der Waals surface area contributed by atoms with Crippen LogP contribution in [0.4, 0.5) is 0 Å². The van der Waals surface area contributed by atoms with Crippen LogP contribution in [-0.2, 0) is 9.47 Å². The van der Waals surface area contributed by atoms with Gasteiger partial charge in [0.2, 0.25) is 0 Å². The predicted octanol–water partition coefficient (Wildman–Crippen LogP) is 2.59. The van der Waals surface area contributed by atoms with Crippen molar-refractivity contribution in [3.63, 3.8) is 0 Å². The molecule has 4 unspecified atom stereocenters. The molecule has 18 heavy (non-hydrogen) atoms. The minimum absolute atomic E-state index is 0.247. The van der Waals surface area contributed by atoms with Crippen LogP contribution in [0.1, 0.15) is 47.5 Å². The summed E-state index contributed by atoms with van der Waals surface area (Å²) in [4.78, 5) is 0. The van der Waals surface area contributed by atoms with E-state index in [9.17, 15) is 0 Å². The van der Waals surface area contributed by atoms with Gasteiger partial charge in [0.05, 0.1) is 12.2 Å². The highest BCUT2D eigenvalue weighted by Gasteiger charge is 2.50. The smallest absolute Gasteiger partial charge is 0.0700 e. The lowest BCUT2D eigenvalue weighted by Crippen LogP contribution is -2.63. The van der Waals surface area contributed by atoms with E-state index in [2.05, 4.69) is 39.9 Å². The van der Waals surface area contributed by atoms with E-state index in [1.165, 1.54) is 0 Å². The minimum Gasteiger partial charge on any atom is -0.377 e. The van der Waals surface area contributed by atoms with Gasteiger partial charge in [-0.15, -0.1) is 0 Å². The zero-order chi connectivity index (χ0) is 13.3. The topological polar surface area (TPSA) is 30.5 Å². The van der Waals surface area contributed by atoms with Crippen LogP contribution in [0.2, 0.25) is 0 Å². The normalized spacial score (nSPS) is 39.0. The SMILES string of the molecule is CC(C)COC1CC(NC2CCOC2C)C1(C)C. The highest BCUT2D eigenvalue weighted by atomic mass is 16.5. The number of hydrogen-bond acceptors (Lipinski definition) is 3. The molecule has 1 aliphatic carbocycles. The molecule has 1 N–H and O–H groups in total. The Labute approximate surface area is 112 Å². The lowest BCUT2D eigenvalue weighted by molar-refractivity contribution is -0.126. The van der Waals surface area contributed by atoms with Gasteiger partial charge in [-0.1, -0.05) is 27.7 Å². The average molecular weight is 255 g/mol. The van der Waals surface area contributed by atoms with Crippen molar-refractivity contribution < 1.29 is 9.47 Å². The maximum absolute atomic E-state index is 6.00. The highest BCUT2D eigenvalue weighted by Crippen LogP contribution is 2.43.